The molecule has 0 saturated carbocycles. The van der Waals surface area contributed by atoms with Crippen LogP contribution in [0.2, 0.25) is 0 Å². The summed E-state index contributed by atoms with van der Waals surface area (Å²) in [5.41, 5.74) is 0.837. The number of nitrogens with one attached hydrogen (secondary N) is 2. The lowest BCUT2D eigenvalue weighted by molar-refractivity contribution is -0.384. The van der Waals surface area contributed by atoms with Crippen LogP contribution >= 0.6 is 0 Å². The number of anilines is 1. The maximum Gasteiger partial charge on any atom is 0.269 e. The van der Waals surface area contributed by atoms with Gasteiger partial charge in [-0.2, -0.15) is 0 Å². The molecule has 2 N–H and O–H groups in total. The standard InChI is InChI=1S/C12H12N4O3/c17-12-7-11(14-8-15-12)13-6-5-9-1-3-10(4-2-9)16(18)19/h1-4,7-8H,5-6H2,(H2,13,14,15,17). The molecule has 1 heterocycles. The second kappa shape index (κ2) is 5.76. The minimum atomic E-state index is -0.428. The summed E-state index contributed by atoms with van der Waals surface area (Å²) < 4.78 is 0. The average Bonchev–Trinajstić information content (AvgIpc) is 2.39. The number of aromatic amines is 1. The van der Waals surface area contributed by atoms with Gasteiger partial charge in [0.2, 0.25) is 0 Å². The van der Waals surface area contributed by atoms with Crippen molar-refractivity contribution in [3.05, 3.63) is 62.7 Å². The number of nitro groups is 1. The van der Waals surface area contributed by atoms with E-state index in [1.165, 1.54) is 24.5 Å². The van der Waals surface area contributed by atoms with Gasteiger partial charge in [0.05, 0.1) is 11.3 Å². The molecule has 0 saturated heterocycles. The summed E-state index contributed by atoms with van der Waals surface area (Å²) in [6.45, 7) is 0.592. The van der Waals surface area contributed by atoms with Gasteiger partial charge in [-0.1, -0.05) is 12.1 Å². The summed E-state index contributed by atoms with van der Waals surface area (Å²) in [6.07, 6.45) is 2.02. The summed E-state index contributed by atoms with van der Waals surface area (Å²) in [4.78, 5) is 27.5. The lowest BCUT2D eigenvalue weighted by Gasteiger charge is -2.04. The van der Waals surface area contributed by atoms with E-state index in [0.717, 1.165) is 5.56 Å². The molecule has 1 aromatic carbocycles. The molecular weight excluding hydrogens is 248 g/mol. The number of rotatable bonds is 5. The smallest absolute Gasteiger partial charge is 0.269 e. The van der Waals surface area contributed by atoms with E-state index < -0.39 is 4.92 Å². The maximum absolute atomic E-state index is 11.0. The lowest BCUT2D eigenvalue weighted by atomic mass is 10.1. The number of hydrogen-bond acceptors (Lipinski definition) is 5. The van der Waals surface area contributed by atoms with Crippen LogP contribution in [0.4, 0.5) is 11.5 Å². The van der Waals surface area contributed by atoms with Crippen molar-refractivity contribution < 1.29 is 4.92 Å². The van der Waals surface area contributed by atoms with Gasteiger partial charge in [0.1, 0.15) is 5.82 Å². The number of H-pyrrole nitrogens is 1. The van der Waals surface area contributed by atoms with Gasteiger partial charge in [-0.15, -0.1) is 0 Å². The van der Waals surface area contributed by atoms with Crippen LogP contribution in [0.3, 0.4) is 0 Å². The van der Waals surface area contributed by atoms with Crippen molar-refractivity contribution >= 4 is 11.5 Å². The highest BCUT2D eigenvalue weighted by Crippen LogP contribution is 2.12. The summed E-state index contributed by atoms with van der Waals surface area (Å²) in [5, 5.41) is 13.5. The fourth-order valence-corrected chi connectivity index (χ4v) is 1.58. The van der Waals surface area contributed by atoms with Crippen LogP contribution in [0.25, 0.3) is 0 Å². The number of non-ortho nitro benzene ring substituents is 1. The van der Waals surface area contributed by atoms with Gasteiger partial charge in [-0.3, -0.25) is 14.9 Å². The largest absolute Gasteiger partial charge is 0.370 e. The molecule has 0 radical (unpaired) electrons. The van der Waals surface area contributed by atoms with Crippen LogP contribution < -0.4 is 10.9 Å². The second-order valence-electron chi connectivity index (χ2n) is 3.90. The number of benzene rings is 1. The highest BCUT2D eigenvalue weighted by Gasteiger charge is 2.03. The quantitative estimate of drug-likeness (QED) is 0.624. The average molecular weight is 260 g/mol. The van der Waals surface area contributed by atoms with E-state index in [0.29, 0.717) is 18.8 Å². The van der Waals surface area contributed by atoms with Crippen LogP contribution in [-0.4, -0.2) is 21.4 Å². The molecule has 1 aromatic heterocycles. The van der Waals surface area contributed by atoms with E-state index >= 15 is 0 Å². The zero-order valence-corrected chi connectivity index (χ0v) is 10.00. The number of nitrogens with zero attached hydrogens (tertiary/aromatic N) is 2. The SMILES string of the molecule is O=c1cc(NCCc2ccc([N+](=O)[O-])cc2)nc[nH]1. The van der Waals surface area contributed by atoms with E-state index in [-0.39, 0.29) is 11.2 Å². The first-order valence-electron chi connectivity index (χ1n) is 5.67. The Morgan fingerprint density at radius 1 is 1.32 bits per heavy atom. The number of aromatic nitrogens is 2. The molecule has 0 atom stereocenters. The summed E-state index contributed by atoms with van der Waals surface area (Å²) in [6, 6.07) is 7.74. The Labute approximate surface area is 108 Å². The lowest BCUT2D eigenvalue weighted by Crippen LogP contribution is -2.11. The van der Waals surface area contributed by atoms with Crippen LogP contribution in [-0.2, 0) is 6.42 Å². The third-order valence-electron chi connectivity index (χ3n) is 2.55. The predicted molar refractivity (Wildman–Crippen MR) is 70.1 cm³/mol. The van der Waals surface area contributed by atoms with Crippen molar-refractivity contribution in [2.75, 3.05) is 11.9 Å². The minimum absolute atomic E-state index is 0.0768. The van der Waals surface area contributed by atoms with Crippen LogP contribution in [0.5, 0.6) is 0 Å². The molecule has 0 unspecified atom stereocenters. The molecule has 0 fully saturated rings. The van der Waals surface area contributed by atoms with Gasteiger partial charge >= 0.3 is 0 Å². The Morgan fingerprint density at radius 2 is 2.05 bits per heavy atom. The van der Waals surface area contributed by atoms with E-state index in [1.807, 2.05) is 0 Å². The van der Waals surface area contributed by atoms with Crippen molar-refractivity contribution in [2.45, 2.75) is 6.42 Å². The molecule has 2 rings (SSSR count). The van der Waals surface area contributed by atoms with Gasteiger partial charge in [0.15, 0.2) is 0 Å². The van der Waals surface area contributed by atoms with Crippen molar-refractivity contribution in [3.63, 3.8) is 0 Å². The topological polar surface area (TPSA) is 101 Å². The molecule has 0 bridgehead atoms. The molecule has 7 nitrogen and oxygen atoms in total. The Morgan fingerprint density at radius 3 is 2.68 bits per heavy atom. The van der Waals surface area contributed by atoms with Crippen molar-refractivity contribution in [1.82, 2.24) is 9.97 Å². The Balaban J connectivity index is 1.89. The Kier molecular flexibility index (Phi) is 3.87. The van der Waals surface area contributed by atoms with Crippen LogP contribution in [0, 0.1) is 10.1 Å². The van der Waals surface area contributed by atoms with E-state index in [4.69, 9.17) is 0 Å². The first-order chi connectivity index (χ1) is 9.15. The molecule has 0 aliphatic rings. The molecular formula is C12H12N4O3. The van der Waals surface area contributed by atoms with Crippen molar-refractivity contribution in [3.8, 4) is 0 Å². The van der Waals surface area contributed by atoms with Crippen molar-refractivity contribution in [2.24, 2.45) is 0 Å². The molecule has 0 aliphatic carbocycles. The predicted octanol–water partition coefficient (Wildman–Crippen LogP) is 1.33. The second-order valence-corrected chi connectivity index (χ2v) is 3.90. The van der Waals surface area contributed by atoms with Crippen molar-refractivity contribution in [1.29, 1.82) is 0 Å². The first kappa shape index (κ1) is 12.7. The summed E-state index contributed by atoms with van der Waals surface area (Å²) in [5.74, 6) is 0.505. The molecule has 0 aliphatic heterocycles. The third kappa shape index (κ3) is 3.63. The van der Waals surface area contributed by atoms with Gasteiger partial charge in [-0.25, -0.2) is 4.98 Å². The maximum atomic E-state index is 11.0. The monoisotopic (exact) mass is 260 g/mol. The molecule has 0 spiro atoms. The van der Waals surface area contributed by atoms with Gasteiger partial charge in [-0.05, 0) is 12.0 Å². The fraction of sp³-hybridized carbons (Fsp3) is 0.167. The third-order valence-corrected chi connectivity index (χ3v) is 2.55. The van der Waals surface area contributed by atoms with Gasteiger partial charge in [0.25, 0.3) is 11.2 Å². The van der Waals surface area contributed by atoms with Gasteiger partial charge in [0, 0.05) is 24.7 Å². The first-order valence-corrected chi connectivity index (χ1v) is 5.67. The van der Waals surface area contributed by atoms with E-state index in [2.05, 4.69) is 15.3 Å². The summed E-state index contributed by atoms with van der Waals surface area (Å²) >= 11 is 0. The molecule has 98 valence electrons. The molecule has 7 heteroatoms. The minimum Gasteiger partial charge on any atom is -0.370 e. The zero-order chi connectivity index (χ0) is 13.7. The number of nitro benzene ring substituents is 1. The van der Waals surface area contributed by atoms with Gasteiger partial charge < -0.3 is 10.3 Å². The summed E-state index contributed by atoms with van der Waals surface area (Å²) in [7, 11) is 0. The fourth-order valence-electron chi connectivity index (χ4n) is 1.58. The zero-order valence-electron chi connectivity index (χ0n) is 10.00. The highest BCUT2D eigenvalue weighted by atomic mass is 16.6. The molecule has 19 heavy (non-hydrogen) atoms. The van der Waals surface area contributed by atoms with Crippen LogP contribution in [0.15, 0.2) is 41.5 Å². The molecule has 0 amide bonds. The molecule has 2 aromatic rings. The van der Waals surface area contributed by atoms with E-state index in [1.54, 1.807) is 12.1 Å². The van der Waals surface area contributed by atoms with Crippen LogP contribution in [0.1, 0.15) is 5.56 Å². The Hall–Kier alpha value is -2.70. The number of hydrogen-bond donors (Lipinski definition) is 2. The highest BCUT2D eigenvalue weighted by molar-refractivity contribution is 5.34. The Bertz CT molecular complexity index is 621. The normalized spacial score (nSPS) is 10.1. The van der Waals surface area contributed by atoms with E-state index in [9.17, 15) is 14.9 Å².